The van der Waals surface area contributed by atoms with Gasteiger partial charge >= 0.3 is 5.97 Å². The first-order chi connectivity index (χ1) is 7.73. The van der Waals surface area contributed by atoms with E-state index >= 15 is 0 Å². The highest BCUT2D eigenvalue weighted by molar-refractivity contribution is 5.77. The highest BCUT2D eigenvalue weighted by atomic mass is 16.6. The van der Waals surface area contributed by atoms with Gasteiger partial charge in [-0.2, -0.15) is 0 Å². The number of aliphatic hydroxyl groups is 5. The fourth-order valence-electron chi connectivity index (χ4n) is 1.69. The lowest BCUT2D eigenvalue weighted by Gasteiger charge is -2.43. The van der Waals surface area contributed by atoms with E-state index in [1.807, 2.05) is 0 Å². The molecule has 8 heteroatoms. The summed E-state index contributed by atoms with van der Waals surface area (Å²) < 4.78 is 4.92. The lowest BCUT2D eigenvalue weighted by molar-refractivity contribution is -0.266. The minimum Gasteiger partial charge on any atom is -0.479 e. The molecular weight excluding hydrogens is 236 g/mol. The molecule has 6 atom stereocenters. The average molecular weight is 252 g/mol. The van der Waals surface area contributed by atoms with Crippen LogP contribution in [0, 0.1) is 0 Å². The van der Waals surface area contributed by atoms with E-state index in [-0.39, 0.29) is 0 Å². The Bertz CT molecular complexity index is 289. The smallest absolute Gasteiger partial charge is 0.338 e. The van der Waals surface area contributed by atoms with Gasteiger partial charge in [0.05, 0.1) is 6.61 Å². The van der Waals surface area contributed by atoms with Crippen LogP contribution in [0.1, 0.15) is 6.92 Å². The maximum Gasteiger partial charge on any atom is 0.338 e. The maximum atomic E-state index is 10.8. The second-order valence-corrected chi connectivity index (χ2v) is 4.20. The Morgan fingerprint density at radius 1 is 1.24 bits per heavy atom. The normalized spacial score (nSPS) is 41.9. The van der Waals surface area contributed by atoms with E-state index in [0.29, 0.717) is 0 Å². The van der Waals surface area contributed by atoms with Crippen molar-refractivity contribution in [3.05, 3.63) is 0 Å². The summed E-state index contributed by atoms with van der Waals surface area (Å²) in [7, 11) is 0. The van der Waals surface area contributed by atoms with Gasteiger partial charge < -0.3 is 35.4 Å². The zero-order valence-electron chi connectivity index (χ0n) is 9.09. The average Bonchev–Trinajstić information content (AvgIpc) is 2.26. The number of carbonyl (C=O) groups is 1. The van der Waals surface area contributed by atoms with Crippen LogP contribution in [-0.4, -0.2) is 79.3 Å². The topological polar surface area (TPSA) is 148 Å². The summed E-state index contributed by atoms with van der Waals surface area (Å²) in [4.78, 5) is 10.8. The Kier molecular flexibility index (Phi) is 4.07. The SMILES string of the molecule is CC(O)(C(=O)O)C1O[C@H](CO)[C@@H](O)[C@H](O)[C@H]1O. The van der Waals surface area contributed by atoms with Gasteiger partial charge in [0.25, 0.3) is 0 Å². The molecule has 0 aromatic rings. The zero-order chi connectivity index (χ0) is 13.4. The van der Waals surface area contributed by atoms with Crippen molar-refractivity contribution in [2.24, 2.45) is 0 Å². The van der Waals surface area contributed by atoms with Crippen molar-refractivity contribution < 1.29 is 40.2 Å². The van der Waals surface area contributed by atoms with Crippen molar-refractivity contribution in [2.45, 2.75) is 43.0 Å². The van der Waals surface area contributed by atoms with Crippen molar-refractivity contribution in [2.75, 3.05) is 6.61 Å². The number of hydrogen-bond donors (Lipinski definition) is 6. The first-order valence-electron chi connectivity index (χ1n) is 4.99. The number of carboxylic acid groups (broad SMARTS) is 1. The predicted molar refractivity (Wildman–Crippen MR) is 52.0 cm³/mol. The van der Waals surface area contributed by atoms with Crippen molar-refractivity contribution in [1.82, 2.24) is 0 Å². The quantitative estimate of drug-likeness (QED) is 0.305. The number of carboxylic acids is 1. The van der Waals surface area contributed by atoms with Crippen LogP contribution < -0.4 is 0 Å². The molecule has 0 spiro atoms. The molecule has 0 saturated carbocycles. The van der Waals surface area contributed by atoms with Gasteiger partial charge in [0.15, 0.2) is 5.60 Å². The molecule has 1 heterocycles. The first kappa shape index (κ1) is 14.3. The maximum absolute atomic E-state index is 10.8. The fraction of sp³-hybridized carbons (Fsp3) is 0.889. The zero-order valence-corrected chi connectivity index (χ0v) is 9.09. The summed E-state index contributed by atoms with van der Waals surface area (Å²) in [5, 5.41) is 55.7. The molecule has 0 aliphatic carbocycles. The lowest BCUT2D eigenvalue weighted by Crippen LogP contribution is -2.66. The molecule has 6 N–H and O–H groups in total. The Morgan fingerprint density at radius 2 is 1.76 bits per heavy atom. The molecule has 0 aromatic carbocycles. The van der Waals surface area contributed by atoms with Gasteiger partial charge in [-0.05, 0) is 6.92 Å². The van der Waals surface area contributed by atoms with E-state index in [1.54, 1.807) is 0 Å². The lowest BCUT2D eigenvalue weighted by atomic mass is 9.86. The van der Waals surface area contributed by atoms with Gasteiger partial charge in [-0.15, -0.1) is 0 Å². The van der Waals surface area contributed by atoms with Crippen molar-refractivity contribution in [3.63, 3.8) is 0 Å². The summed E-state index contributed by atoms with van der Waals surface area (Å²) >= 11 is 0. The number of rotatable bonds is 3. The van der Waals surface area contributed by atoms with E-state index in [0.717, 1.165) is 6.92 Å². The molecule has 2 unspecified atom stereocenters. The molecule has 1 aliphatic rings. The third-order valence-corrected chi connectivity index (χ3v) is 2.88. The van der Waals surface area contributed by atoms with E-state index in [9.17, 15) is 25.2 Å². The van der Waals surface area contributed by atoms with E-state index in [4.69, 9.17) is 14.9 Å². The van der Waals surface area contributed by atoms with Crippen molar-refractivity contribution >= 4 is 5.97 Å². The van der Waals surface area contributed by atoms with Gasteiger partial charge in [0, 0.05) is 0 Å². The molecule has 17 heavy (non-hydrogen) atoms. The minimum atomic E-state index is -2.45. The second kappa shape index (κ2) is 4.84. The summed E-state index contributed by atoms with van der Waals surface area (Å²) in [6.45, 7) is 0.208. The highest BCUT2D eigenvalue weighted by Gasteiger charge is 2.53. The van der Waals surface area contributed by atoms with E-state index in [1.165, 1.54) is 0 Å². The van der Waals surface area contributed by atoms with Gasteiger partial charge in [-0.25, -0.2) is 4.79 Å². The molecule has 1 aliphatic heterocycles. The largest absolute Gasteiger partial charge is 0.479 e. The van der Waals surface area contributed by atoms with Crippen molar-refractivity contribution in [1.29, 1.82) is 0 Å². The first-order valence-corrected chi connectivity index (χ1v) is 4.99. The molecule has 8 nitrogen and oxygen atoms in total. The molecule has 1 rings (SSSR count). The Morgan fingerprint density at radius 3 is 2.18 bits per heavy atom. The van der Waals surface area contributed by atoms with Crippen LogP contribution in [0.2, 0.25) is 0 Å². The summed E-state index contributed by atoms with van der Waals surface area (Å²) in [6, 6.07) is 0. The molecule has 1 saturated heterocycles. The van der Waals surface area contributed by atoms with Crippen LogP contribution in [-0.2, 0) is 9.53 Å². The summed E-state index contributed by atoms with van der Waals surface area (Å²) in [5.74, 6) is -1.65. The predicted octanol–water partition coefficient (Wildman–Crippen LogP) is -3.34. The van der Waals surface area contributed by atoms with Gasteiger partial charge in [-0.3, -0.25) is 0 Å². The molecule has 1 fully saturated rings. The molecule has 0 bridgehead atoms. The highest BCUT2D eigenvalue weighted by Crippen LogP contribution is 2.28. The standard InChI is InChI=1S/C9H16O8/c1-9(16,8(14)15)7-6(13)5(12)4(11)3(2-10)17-7/h3-7,10-13,16H,2H2,1H3,(H,14,15)/t3-,4-,5+,6-,7?,9?/m1/s1. The minimum absolute atomic E-state index is 0.683. The molecular formula is C9H16O8. The van der Waals surface area contributed by atoms with Crippen molar-refractivity contribution in [3.8, 4) is 0 Å². The van der Waals surface area contributed by atoms with Crippen LogP contribution in [0.5, 0.6) is 0 Å². The van der Waals surface area contributed by atoms with Gasteiger partial charge in [0.2, 0.25) is 0 Å². The molecule has 0 radical (unpaired) electrons. The second-order valence-electron chi connectivity index (χ2n) is 4.20. The fourth-order valence-corrected chi connectivity index (χ4v) is 1.69. The summed E-state index contributed by atoms with van der Waals surface area (Å²) in [6.07, 6.45) is -7.98. The van der Waals surface area contributed by atoms with Crippen LogP contribution in [0.4, 0.5) is 0 Å². The van der Waals surface area contributed by atoms with Gasteiger partial charge in [-0.1, -0.05) is 0 Å². The number of aliphatic hydroxyl groups excluding tert-OH is 4. The van der Waals surface area contributed by atoms with E-state index in [2.05, 4.69) is 0 Å². The Balaban J connectivity index is 2.97. The third kappa shape index (κ3) is 2.41. The molecule has 0 aromatic heterocycles. The number of ether oxygens (including phenoxy) is 1. The number of hydrogen-bond acceptors (Lipinski definition) is 7. The van der Waals surface area contributed by atoms with Crippen LogP contribution in [0.15, 0.2) is 0 Å². The molecule has 100 valence electrons. The summed E-state index contributed by atoms with van der Waals surface area (Å²) in [5.41, 5.74) is -2.45. The molecule has 0 amide bonds. The van der Waals surface area contributed by atoms with Crippen LogP contribution in [0.3, 0.4) is 0 Å². The van der Waals surface area contributed by atoms with Crippen LogP contribution in [0.25, 0.3) is 0 Å². The number of aliphatic carboxylic acids is 1. The monoisotopic (exact) mass is 252 g/mol. The Hall–Kier alpha value is -0.770. The third-order valence-electron chi connectivity index (χ3n) is 2.88. The van der Waals surface area contributed by atoms with Crippen LogP contribution >= 0.6 is 0 Å². The Labute approximate surface area is 96.7 Å². The van der Waals surface area contributed by atoms with Gasteiger partial charge in [0.1, 0.15) is 30.5 Å². The van der Waals surface area contributed by atoms with E-state index < -0.39 is 48.7 Å².